The Balaban J connectivity index is 1.62. The molecule has 5 nitrogen and oxygen atoms in total. The Bertz CT molecular complexity index is 730. The van der Waals surface area contributed by atoms with Crippen molar-refractivity contribution in [3.8, 4) is 6.07 Å². The smallest absolute Gasteiger partial charge is 0.128 e. The maximum absolute atomic E-state index is 9.17. The van der Waals surface area contributed by atoms with Gasteiger partial charge in [-0.2, -0.15) is 5.26 Å². The molecular formula is C18H20ClN5. The van der Waals surface area contributed by atoms with Gasteiger partial charge in [-0.05, 0) is 36.9 Å². The van der Waals surface area contributed by atoms with Crippen LogP contribution in [0.15, 0.2) is 36.5 Å². The summed E-state index contributed by atoms with van der Waals surface area (Å²) in [6.45, 7) is 4.78. The van der Waals surface area contributed by atoms with Crippen LogP contribution in [0.2, 0.25) is 5.02 Å². The lowest BCUT2D eigenvalue weighted by Gasteiger charge is -2.33. The molecule has 1 N–H and O–H groups in total. The summed E-state index contributed by atoms with van der Waals surface area (Å²) >= 11 is 5.92. The molecule has 24 heavy (non-hydrogen) atoms. The van der Waals surface area contributed by atoms with Crippen molar-refractivity contribution in [1.82, 2.24) is 9.88 Å². The second-order valence-electron chi connectivity index (χ2n) is 5.97. The molecule has 1 aromatic carbocycles. The predicted molar refractivity (Wildman–Crippen MR) is 97.4 cm³/mol. The fourth-order valence-corrected chi connectivity index (χ4v) is 2.88. The third-order valence-electron chi connectivity index (χ3n) is 4.22. The molecule has 0 saturated carbocycles. The summed E-state index contributed by atoms with van der Waals surface area (Å²) in [6.07, 6.45) is 1.89. The summed E-state index contributed by atoms with van der Waals surface area (Å²) in [7, 11) is 2.14. The number of piperazine rings is 1. The third-order valence-corrected chi connectivity index (χ3v) is 4.46. The molecule has 3 rings (SSSR count). The van der Waals surface area contributed by atoms with E-state index in [1.54, 1.807) is 12.1 Å². The molecule has 0 unspecified atom stereocenters. The number of benzene rings is 1. The van der Waals surface area contributed by atoms with Gasteiger partial charge < -0.3 is 15.1 Å². The molecule has 0 atom stereocenters. The molecule has 1 saturated heterocycles. The van der Waals surface area contributed by atoms with Gasteiger partial charge in [-0.1, -0.05) is 17.7 Å². The quantitative estimate of drug-likeness (QED) is 0.926. The molecule has 6 heteroatoms. The van der Waals surface area contributed by atoms with Crippen LogP contribution < -0.4 is 10.2 Å². The van der Waals surface area contributed by atoms with E-state index in [9.17, 15) is 0 Å². The van der Waals surface area contributed by atoms with Crippen molar-refractivity contribution in [3.63, 3.8) is 0 Å². The van der Waals surface area contributed by atoms with E-state index in [2.05, 4.69) is 45.4 Å². The molecule has 2 aromatic rings. The monoisotopic (exact) mass is 341 g/mol. The summed E-state index contributed by atoms with van der Waals surface area (Å²) in [6, 6.07) is 11.6. The number of anilines is 2. The number of nitrogens with zero attached hydrogens (tertiary/aromatic N) is 4. The molecule has 1 aromatic heterocycles. The lowest BCUT2D eigenvalue weighted by Crippen LogP contribution is -2.44. The Morgan fingerprint density at radius 1 is 1.21 bits per heavy atom. The van der Waals surface area contributed by atoms with E-state index in [1.807, 2.05) is 12.3 Å². The van der Waals surface area contributed by atoms with Gasteiger partial charge in [0.25, 0.3) is 0 Å². The van der Waals surface area contributed by atoms with Crippen molar-refractivity contribution in [2.75, 3.05) is 43.4 Å². The third kappa shape index (κ3) is 3.97. The largest absolute Gasteiger partial charge is 0.380 e. The highest BCUT2D eigenvalue weighted by Crippen LogP contribution is 2.21. The second-order valence-corrected chi connectivity index (χ2v) is 6.41. The summed E-state index contributed by atoms with van der Waals surface area (Å²) in [4.78, 5) is 9.21. The fraction of sp³-hybridized carbons (Fsp3) is 0.333. The van der Waals surface area contributed by atoms with Gasteiger partial charge in [0.1, 0.15) is 11.9 Å². The predicted octanol–water partition coefficient (Wildman–Crippen LogP) is 2.97. The molecule has 0 spiro atoms. The zero-order valence-corrected chi connectivity index (χ0v) is 14.4. The van der Waals surface area contributed by atoms with Gasteiger partial charge in [0.05, 0.1) is 11.3 Å². The second kappa shape index (κ2) is 7.52. The number of likely N-dealkylation sites (N-methyl/N-ethyl adjacent to an activating group) is 1. The first-order valence-electron chi connectivity index (χ1n) is 7.97. The highest BCUT2D eigenvalue weighted by Gasteiger charge is 2.14. The molecule has 2 heterocycles. The molecule has 0 aliphatic carbocycles. The van der Waals surface area contributed by atoms with Crippen LogP contribution in [0.4, 0.5) is 11.5 Å². The van der Waals surface area contributed by atoms with Crippen LogP contribution in [-0.2, 0) is 6.54 Å². The summed E-state index contributed by atoms with van der Waals surface area (Å²) in [5, 5.41) is 13.0. The van der Waals surface area contributed by atoms with E-state index >= 15 is 0 Å². The van der Waals surface area contributed by atoms with Crippen molar-refractivity contribution in [2.24, 2.45) is 0 Å². The van der Waals surface area contributed by atoms with Gasteiger partial charge in [-0.3, -0.25) is 0 Å². The minimum Gasteiger partial charge on any atom is -0.380 e. The molecule has 1 aliphatic rings. The number of hydrogen-bond acceptors (Lipinski definition) is 5. The van der Waals surface area contributed by atoms with Crippen molar-refractivity contribution in [1.29, 1.82) is 5.26 Å². The lowest BCUT2D eigenvalue weighted by atomic mass is 10.2. The molecule has 1 aliphatic heterocycles. The number of halogens is 1. The number of hydrogen-bond donors (Lipinski definition) is 1. The zero-order valence-electron chi connectivity index (χ0n) is 13.7. The average molecular weight is 342 g/mol. The lowest BCUT2D eigenvalue weighted by molar-refractivity contribution is 0.312. The Morgan fingerprint density at radius 2 is 2.00 bits per heavy atom. The van der Waals surface area contributed by atoms with Gasteiger partial charge in [-0.15, -0.1) is 0 Å². The average Bonchev–Trinajstić information content (AvgIpc) is 2.62. The topological polar surface area (TPSA) is 55.2 Å². The van der Waals surface area contributed by atoms with Gasteiger partial charge in [0, 0.05) is 43.9 Å². The number of aromatic nitrogens is 1. The molecule has 0 amide bonds. The summed E-state index contributed by atoms with van der Waals surface area (Å²) in [5.74, 6) is 1.02. The van der Waals surface area contributed by atoms with Crippen molar-refractivity contribution in [3.05, 3.63) is 52.7 Å². The van der Waals surface area contributed by atoms with Crippen LogP contribution in [0.1, 0.15) is 11.1 Å². The van der Waals surface area contributed by atoms with Crippen LogP contribution in [0, 0.1) is 11.3 Å². The zero-order chi connectivity index (χ0) is 16.9. The Morgan fingerprint density at radius 3 is 2.67 bits per heavy atom. The minimum absolute atomic E-state index is 0.546. The number of pyridine rings is 1. The Labute approximate surface area is 147 Å². The standard InChI is InChI=1S/C18H20ClN5/c1-23-6-8-24(9-7-23)18-5-2-14(13-22-18)12-21-17-4-3-16(19)10-15(17)11-20/h2-5,10,13,21H,6-9,12H2,1H3. The summed E-state index contributed by atoms with van der Waals surface area (Å²) < 4.78 is 0. The normalized spacial score (nSPS) is 15.1. The first kappa shape index (κ1) is 16.6. The van der Waals surface area contributed by atoms with Crippen LogP contribution >= 0.6 is 11.6 Å². The van der Waals surface area contributed by atoms with Crippen molar-refractivity contribution in [2.45, 2.75) is 6.54 Å². The van der Waals surface area contributed by atoms with Gasteiger partial charge in [-0.25, -0.2) is 4.98 Å². The van der Waals surface area contributed by atoms with E-state index in [0.29, 0.717) is 17.1 Å². The van der Waals surface area contributed by atoms with Crippen LogP contribution in [0.3, 0.4) is 0 Å². The first-order chi connectivity index (χ1) is 11.7. The van der Waals surface area contributed by atoms with Crippen molar-refractivity contribution < 1.29 is 0 Å². The molecule has 1 fully saturated rings. The maximum atomic E-state index is 9.17. The Kier molecular flexibility index (Phi) is 5.19. The van der Waals surface area contributed by atoms with Crippen LogP contribution in [0.25, 0.3) is 0 Å². The Hall–Kier alpha value is -2.29. The van der Waals surface area contributed by atoms with E-state index < -0.39 is 0 Å². The summed E-state index contributed by atoms with van der Waals surface area (Å²) in [5.41, 5.74) is 2.40. The highest BCUT2D eigenvalue weighted by atomic mass is 35.5. The number of nitrogens with one attached hydrogen (secondary N) is 1. The van der Waals surface area contributed by atoms with E-state index in [1.165, 1.54) is 0 Å². The van der Waals surface area contributed by atoms with Gasteiger partial charge in [0.15, 0.2) is 0 Å². The van der Waals surface area contributed by atoms with Crippen LogP contribution in [0.5, 0.6) is 0 Å². The SMILES string of the molecule is CN1CCN(c2ccc(CNc3ccc(Cl)cc3C#N)cn2)CC1. The number of rotatable bonds is 4. The fourth-order valence-electron chi connectivity index (χ4n) is 2.70. The minimum atomic E-state index is 0.546. The first-order valence-corrected chi connectivity index (χ1v) is 8.35. The molecule has 0 radical (unpaired) electrons. The highest BCUT2D eigenvalue weighted by molar-refractivity contribution is 6.30. The van der Waals surface area contributed by atoms with Gasteiger partial charge >= 0.3 is 0 Å². The molecule has 124 valence electrons. The molecule has 0 bridgehead atoms. The van der Waals surface area contributed by atoms with E-state index in [-0.39, 0.29) is 0 Å². The number of nitriles is 1. The van der Waals surface area contributed by atoms with E-state index in [4.69, 9.17) is 16.9 Å². The molecular weight excluding hydrogens is 322 g/mol. The van der Waals surface area contributed by atoms with E-state index in [0.717, 1.165) is 43.2 Å². The van der Waals surface area contributed by atoms with Crippen LogP contribution in [-0.4, -0.2) is 43.1 Å². The van der Waals surface area contributed by atoms with Gasteiger partial charge in [0.2, 0.25) is 0 Å². The maximum Gasteiger partial charge on any atom is 0.128 e. The van der Waals surface area contributed by atoms with Crippen molar-refractivity contribution >= 4 is 23.1 Å².